The molecule has 0 radical (unpaired) electrons. The van der Waals surface area contributed by atoms with Gasteiger partial charge in [-0.1, -0.05) is 12.1 Å². The minimum absolute atomic E-state index is 0.425. The van der Waals surface area contributed by atoms with E-state index in [4.69, 9.17) is 5.73 Å². The SMILES string of the molecule is CC(O)(c1cccc(N)c1)C1CC1. The third-order valence-electron chi connectivity index (χ3n) is 2.84. The molecule has 1 aromatic carbocycles. The second-order valence-electron chi connectivity index (χ2n) is 4.05. The van der Waals surface area contributed by atoms with E-state index in [0.29, 0.717) is 5.92 Å². The van der Waals surface area contributed by atoms with Crippen LogP contribution in [0.1, 0.15) is 25.3 Å². The van der Waals surface area contributed by atoms with Crippen LogP contribution >= 0.6 is 0 Å². The molecule has 0 amide bonds. The fraction of sp³-hybridized carbons (Fsp3) is 0.455. The first-order valence-electron chi connectivity index (χ1n) is 4.69. The number of rotatable bonds is 2. The molecule has 2 nitrogen and oxygen atoms in total. The average Bonchev–Trinajstić information content (AvgIpc) is 2.86. The van der Waals surface area contributed by atoms with E-state index in [9.17, 15) is 5.11 Å². The van der Waals surface area contributed by atoms with E-state index in [1.54, 1.807) is 0 Å². The highest BCUT2D eigenvalue weighted by molar-refractivity contribution is 5.42. The van der Waals surface area contributed by atoms with Crippen LogP contribution in [-0.2, 0) is 5.60 Å². The molecule has 1 aliphatic carbocycles. The van der Waals surface area contributed by atoms with Gasteiger partial charge in [-0.15, -0.1) is 0 Å². The van der Waals surface area contributed by atoms with Crippen LogP contribution in [0.4, 0.5) is 5.69 Å². The molecule has 0 aliphatic heterocycles. The highest BCUT2D eigenvalue weighted by atomic mass is 16.3. The summed E-state index contributed by atoms with van der Waals surface area (Å²) in [6, 6.07) is 7.53. The Labute approximate surface area is 78.4 Å². The molecule has 70 valence electrons. The normalized spacial score (nSPS) is 21.1. The predicted octanol–water partition coefficient (Wildman–Crippen LogP) is 1.89. The maximum absolute atomic E-state index is 10.2. The van der Waals surface area contributed by atoms with Crippen molar-refractivity contribution in [2.45, 2.75) is 25.4 Å². The van der Waals surface area contributed by atoms with Gasteiger partial charge in [0.1, 0.15) is 0 Å². The number of nitrogen functional groups attached to an aromatic ring is 1. The van der Waals surface area contributed by atoms with Gasteiger partial charge in [-0.05, 0) is 43.4 Å². The molecule has 0 bridgehead atoms. The number of hydrogen-bond donors (Lipinski definition) is 2. The molecule has 1 aromatic rings. The standard InChI is InChI=1S/C11H15NO/c1-11(13,8-5-6-8)9-3-2-4-10(12)7-9/h2-4,7-8,13H,5-6,12H2,1H3. The molecule has 2 rings (SSSR count). The lowest BCUT2D eigenvalue weighted by molar-refractivity contribution is 0.0331. The van der Waals surface area contributed by atoms with Gasteiger partial charge in [0.25, 0.3) is 0 Å². The van der Waals surface area contributed by atoms with E-state index in [2.05, 4.69) is 0 Å². The van der Waals surface area contributed by atoms with E-state index in [-0.39, 0.29) is 0 Å². The van der Waals surface area contributed by atoms with Crippen molar-refractivity contribution in [2.75, 3.05) is 5.73 Å². The van der Waals surface area contributed by atoms with Gasteiger partial charge in [0.05, 0.1) is 5.60 Å². The average molecular weight is 177 g/mol. The van der Waals surface area contributed by atoms with Crippen molar-refractivity contribution in [3.8, 4) is 0 Å². The Hall–Kier alpha value is -1.02. The molecule has 0 heterocycles. The molecule has 13 heavy (non-hydrogen) atoms. The van der Waals surface area contributed by atoms with Gasteiger partial charge in [-0.2, -0.15) is 0 Å². The topological polar surface area (TPSA) is 46.2 Å². The van der Waals surface area contributed by atoms with Gasteiger partial charge in [0, 0.05) is 5.69 Å². The monoisotopic (exact) mass is 177 g/mol. The highest BCUT2D eigenvalue weighted by Gasteiger charge is 2.41. The number of aliphatic hydroxyl groups is 1. The molecule has 1 aliphatic rings. The lowest BCUT2D eigenvalue weighted by Gasteiger charge is -2.23. The Morgan fingerprint density at radius 2 is 2.15 bits per heavy atom. The second kappa shape index (κ2) is 2.74. The van der Waals surface area contributed by atoms with Crippen molar-refractivity contribution in [1.29, 1.82) is 0 Å². The van der Waals surface area contributed by atoms with Crippen molar-refractivity contribution in [3.63, 3.8) is 0 Å². The van der Waals surface area contributed by atoms with Crippen molar-refractivity contribution in [2.24, 2.45) is 5.92 Å². The summed E-state index contributed by atoms with van der Waals surface area (Å²) in [5.41, 5.74) is 6.64. The van der Waals surface area contributed by atoms with Crippen LogP contribution in [-0.4, -0.2) is 5.11 Å². The summed E-state index contributed by atoms with van der Waals surface area (Å²) in [5, 5.41) is 10.2. The zero-order valence-corrected chi connectivity index (χ0v) is 7.83. The van der Waals surface area contributed by atoms with Crippen LogP contribution in [0.5, 0.6) is 0 Å². The summed E-state index contributed by atoms with van der Waals surface area (Å²) in [6.45, 7) is 1.87. The molecule has 0 saturated heterocycles. The Kier molecular flexibility index (Phi) is 1.81. The van der Waals surface area contributed by atoms with Gasteiger partial charge in [-0.3, -0.25) is 0 Å². The summed E-state index contributed by atoms with van der Waals surface area (Å²) in [4.78, 5) is 0. The van der Waals surface area contributed by atoms with Crippen molar-refractivity contribution >= 4 is 5.69 Å². The van der Waals surface area contributed by atoms with Crippen molar-refractivity contribution in [3.05, 3.63) is 29.8 Å². The molecule has 1 atom stereocenters. The molecule has 1 unspecified atom stereocenters. The Morgan fingerprint density at radius 3 is 2.69 bits per heavy atom. The van der Waals surface area contributed by atoms with Crippen LogP contribution in [0, 0.1) is 5.92 Å². The Morgan fingerprint density at radius 1 is 1.46 bits per heavy atom. The second-order valence-corrected chi connectivity index (χ2v) is 4.05. The number of anilines is 1. The molecule has 1 saturated carbocycles. The molecule has 0 spiro atoms. The first kappa shape index (κ1) is 8.57. The smallest absolute Gasteiger partial charge is 0.0897 e. The first-order valence-corrected chi connectivity index (χ1v) is 4.69. The fourth-order valence-electron chi connectivity index (χ4n) is 1.73. The van der Waals surface area contributed by atoms with E-state index < -0.39 is 5.60 Å². The van der Waals surface area contributed by atoms with Crippen LogP contribution in [0.25, 0.3) is 0 Å². The number of benzene rings is 1. The third kappa shape index (κ3) is 1.54. The molecular formula is C11H15NO. The van der Waals surface area contributed by atoms with E-state index in [1.807, 2.05) is 31.2 Å². The summed E-state index contributed by atoms with van der Waals surface area (Å²) in [6.07, 6.45) is 2.25. The van der Waals surface area contributed by atoms with Crippen molar-refractivity contribution < 1.29 is 5.11 Å². The Bertz CT molecular complexity index is 316. The van der Waals surface area contributed by atoms with Crippen LogP contribution in [0.15, 0.2) is 24.3 Å². The summed E-state index contributed by atoms with van der Waals surface area (Å²) >= 11 is 0. The van der Waals surface area contributed by atoms with Gasteiger partial charge in [0.15, 0.2) is 0 Å². The van der Waals surface area contributed by atoms with Crippen LogP contribution in [0.3, 0.4) is 0 Å². The Balaban J connectivity index is 2.33. The summed E-state index contributed by atoms with van der Waals surface area (Å²) in [5.74, 6) is 0.425. The van der Waals surface area contributed by atoms with E-state index in [0.717, 1.165) is 24.1 Å². The largest absolute Gasteiger partial charge is 0.399 e. The summed E-state index contributed by atoms with van der Waals surface area (Å²) < 4.78 is 0. The summed E-state index contributed by atoms with van der Waals surface area (Å²) in [7, 11) is 0. The zero-order valence-electron chi connectivity index (χ0n) is 7.83. The van der Waals surface area contributed by atoms with Gasteiger partial charge < -0.3 is 10.8 Å². The molecule has 3 N–H and O–H groups in total. The molecular weight excluding hydrogens is 162 g/mol. The van der Waals surface area contributed by atoms with Gasteiger partial charge in [0.2, 0.25) is 0 Å². The molecule has 0 aromatic heterocycles. The molecule has 1 fully saturated rings. The van der Waals surface area contributed by atoms with Crippen LogP contribution < -0.4 is 5.73 Å². The van der Waals surface area contributed by atoms with Gasteiger partial charge in [-0.25, -0.2) is 0 Å². The quantitative estimate of drug-likeness (QED) is 0.677. The lowest BCUT2D eigenvalue weighted by atomic mass is 9.91. The highest BCUT2D eigenvalue weighted by Crippen LogP contribution is 2.45. The number of hydrogen-bond acceptors (Lipinski definition) is 2. The predicted molar refractivity (Wildman–Crippen MR) is 53.1 cm³/mol. The fourth-order valence-corrected chi connectivity index (χ4v) is 1.73. The van der Waals surface area contributed by atoms with E-state index in [1.165, 1.54) is 0 Å². The van der Waals surface area contributed by atoms with E-state index >= 15 is 0 Å². The van der Waals surface area contributed by atoms with Crippen LogP contribution in [0.2, 0.25) is 0 Å². The minimum atomic E-state index is -0.685. The van der Waals surface area contributed by atoms with Gasteiger partial charge >= 0.3 is 0 Å². The minimum Gasteiger partial charge on any atom is -0.399 e. The zero-order chi connectivity index (χ0) is 9.47. The first-order chi connectivity index (χ1) is 6.10. The van der Waals surface area contributed by atoms with Crippen molar-refractivity contribution in [1.82, 2.24) is 0 Å². The third-order valence-corrected chi connectivity index (χ3v) is 2.84. The lowest BCUT2D eigenvalue weighted by Crippen LogP contribution is -2.23. The maximum Gasteiger partial charge on any atom is 0.0897 e. The number of nitrogens with two attached hydrogens (primary N) is 1. The maximum atomic E-state index is 10.2. The molecule has 2 heteroatoms.